The molecule has 0 saturated carbocycles. The summed E-state index contributed by atoms with van der Waals surface area (Å²) in [5, 5.41) is -1.65. The minimum atomic E-state index is -1.65. The van der Waals surface area contributed by atoms with E-state index in [1.54, 1.807) is 0 Å². The van der Waals surface area contributed by atoms with E-state index in [0.717, 1.165) is 16.0 Å². The minimum absolute atomic E-state index is 1.12. The van der Waals surface area contributed by atoms with Crippen LogP contribution >= 0.6 is 0 Å². The van der Waals surface area contributed by atoms with Crippen LogP contribution in [-0.4, -0.2) is 16.0 Å². The normalized spacial score (nSPS) is 9.00. The van der Waals surface area contributed by atoms with Gasteiger partial charge in [0.25, 0.3) is 0 Å². The number of halogens is 2. The molecular formula is CHF2Se. The van der Waals surface area contributed by atoms with Crippen molar-refractivity contribution < 1.29 is 8.78 Å². The topological polar surface area (TPSA) is 0 Å². The van der Waals surface area contributed by atoms with E-state index in [2.05, 4.69) is 0 Å². The molecule has 0 N–H and O–H groups in total. The summed E-state index contributed by atoms with van der Waals surface area (Å²) >= 11 is 1.12. The van der Waals surface area contributed by atoms with Crippen molar-refractivity contribution in [3.8, 4) is 0 Å². The fraction of sp³-hybridized carbons (Fsp3) is 0. The van der Waals surface area contributed by atoms with Crippen molar-refractivity contribution in [1.29, 1.82) is 0 Å². The van der Waals surface area contributed by atoms with Gasteiger partial charge in [-0.1, -0.05) is 0 Å². The van der Waals surface area contributed by atoms with Gasteiger partial charge in [0.15, 0.2) is 0 Å². The summed E-state index contributed by atoms with van der Waals surface area (Å²) in [4.78, 5) is 0. The zero-order valence-corrected chi connectivity index (χ0v) is 3.58. The van der Waals surface area contributed by atoms with Crippen LogP contribution in [0.25, 0.3) is 0 Å². The monoisotopic (exact) mass is 131 g/mol. The third-order valence-corrected chi connectivity index (χ3v) is 0. The molecule has 0 amide bonds. The first-order chi connectivity index (χ1) is 1.73. The molecule has 3 heteroatoms. The Morgan fingerprint density at radius 1 is 1.50 bits per heavy atom. The van der Waals surface area contributed by atoms with Crippen molar-refractivity contribution in [1.82, 2.24) is 0 Å². The van der Waals surface area contributed by atoms with Gasteiger partial charge in [0, 0.05) is 0 Å². The zero-order chi connectivity index (χ0) is 3.58. The standard InChI is InChI=1S/CHF2Se/c2-1(3)4/h4H. The first kappa shape index (κ1) is 4.38. The second-order valence-corrected chi connectivity index (χ2v) is 0.950. The summed E-state index contributed by atoms with van der Waals surface area (Å²) < 4.78 is 20.4. The predicted molar refractivity (Wildman–Crippen MR) is 12.6 cm³/mol. The van der Waals surface area contributed by atoms with Crippen molar-refractivity contribution in [2.24, 2.45) is 0 Å². The van der Waals surface area contributed by atoms with Gasteiger partial charge in [-0.25, -0.2) is 0 Å². The Bertz CT molecular complexity index is 10.8. The van der Waals surface area contributed by atoms with Crippen LogP contribution in [0.5, 0.6) is 0 Å². The van der Waals surface area contributed by atoms with E-state index in [0.29, 0.717) is 0 Å². The molecule has 25 valence electrons. The van der Waals surface area contributed by atoms with Crippen LogP contribution in [0.1, 0.15) is 0 Å². The SMILES string of the molecule is F[C](F)[SeH]. The van der Waals surface area contributed by atoms with Crippen molar-refractivity contribution >= 4 is 16.0 Å². The quantitative estimate of drug-likeness (QED) is 0.413. The molecule has 0 aromatic carbocycles. The van der Waals surface area contributed by atoms with Crippen LogP contribution in [0.4, 0.5) is 8.78 Å². The molecule has 0 unspecified atom stereocenters. The van der Waals surface area contributed by atoms with Gasteiger partial charge in [-0.05, 0) is 0 Å². The summed E-state index contributed by atoms with van der Waals surface area (Å²) in [6, 6.07) is 0. The van der Waals surface area contributed by atoms with E-state index >= 15 is 0 Å². The second-order valence-electron chi connectivity index (χ2n) is 0.240. The molecule has 0 fully saturated rings. The summed E-state index contributed by atoms with van der Waals surface area (Å²) in [6.45, 7) is 0. The molecule has 1 radical (unpaired) electrons. The summed E-state index contributed by atoms with van der Waals surface area (Å²) in [5.74, 6) is 0. The molecule has 0 heterocycles. The van der Waals surface area contributed by atoms with Crippen molar-refractivity contribution in [2.75, 3.05) is 0 Å². The van der Waals surface area contributed by atoms with E-state index in [1.807, 2.05) is 0 Å². The van der Waals surface area contributed by atoms with Crippen molar-refractivity contribution in [2.45, 2.75) is 0 Å². The second kappa shape index (κ2) is 1.68. The molecule has 0 aliphatic rings. The van der Waals surface area contributed by atoms with Crippen LogP contribution in [0, 0.1) is 5.32 Å². The average molecular weight is 130 g/mol. The van der Waals surface area contributed by atoms with Crippen LogP contribution in [0.2, 0.25) is 0 Å². The van der Waals surface area contributed by atoms with E-state index in [4.69, 9.17) is 0 Å². The van der Waals surface area contributed by atoms with Gasteiger partial charge in [0.05, 0.1) is 0 Å². The zero-order valence-electron chi connectivity index (χ0n) is 1.70. The Hall–Kier alpha value is 0.379. The average Bonchev–Trinajstić information content (AvgIpc) is 0.811. The Labute approximate surface area is 31.0 Å². The van der Waals surface area contributed by atoms with Gasteiger partial charge in [-0.15, -0.1) is 0 Å². The number of hydrogen-bond donors (Lipinski definition) is 0. The summed E-state index contributed by atoms with van der Waals surface area (Å²) in [6.07, 6.45) is 0. The van der Waals surface area contributed by atoms with Crippen LogP contribution in [-0.2, 0) is 0 Å². The molecule has 0 aliphatic carbocycles. The van der Waals surface area contributed by atoms with Crippen molar-refractivity contribution in [3.05, 3.63) is 5.32 Å². The van der Waals surface area contributed by atoms with Crippen LogP contribution in [0.15, 0.2) is 0 Å². The molecular weight excluding hydrogens is 129 g/mol. The number of hydrogen-bond acceptors (Lipinski definition) is 0. The molecule has 0 spiro atoms. The maximum atomic E-state index is 10.2. The fourth-order valence-electron chi connectivity index (χ4n) is 0. The third kappa shape index (κ3) is 31.4. The van der Waals surface area contributed by atoms with E-state index < -0.39 is 5.32 Å². The fourth-order valence-corrected chi connectivity index (χ4v) is 0. The Morgan fingerprint density at radius 3 is 1.50 bits per heavy atom. The van der Waals surface area contributed by atoms with Crippen molar-refractivity contribution in [3.63, 3.8) is 0 Å². The molecule has 0 rings (SSSR count). The Balaban J connectivity index is 2.32. The van der Waals surface area contributed by atoms with Gasteiger partial charge in [0.1, 0.15) is 0 Å². The first-order valence-corrected chi connectivity index (χ1v) is 1.54. The molecule has 0 aromatic rings. The molecule has 0 bridgehead atoms. The van der Waals surface area contributed by atoms with Crippen LogP contribution in [0.3, 0.4) is 0 Å². The number of rotatable bonds is 0. The molecule has 0 aromatic heterocycles. The predicted octanol–water partition coefficient (Wildman–Crippen LogP) is 0.273. The Morgan fingerprint density at radius 2 is 1.50 bits per heavy atom. The first-order valence-electron chi connectivity index (χ1n) is 0.602. The molecule has 0 aliphatic heterocycles. The van der Waals surface area contributed by atoms with Gasteiger partial charge in [-0.3, -0.25) is 0 Å². The molecule has 0 saturated heterocycles. The Kier molecular flexibility index (Phi) is 1.83. The van der Waals surface area contributed by atoms with E-state index in [9.17, 15) is 8.78 Å². The maximum absolute atomic E-state index is 10.2. The molecule has 0 atom stereocenters. The van der Waals surface area contributed by atoms with Crippen LogP contribution < -0.4 is 0 Å². The van der Waals surface area contributed by atoms with Gasteiger partial charge in [0.2, 0.25) is 0 Å². The van der Waals surface area contributed by atoms with Gasteiger partial charge < -0.3 is 0 Å². The van der Waals surface area contributed by atoms with Gasteiger partial charge >= 0.3 is 30.1 Å². The molecule has 0 nitrogen and oxygen atoms in total. The van der Waals surface area contributed by atoms with E-state index in [-0.39, 0.29) is 0 Å². The molecule has 4 heavy (non-hydrogen) atoms. The summed E-state index contributed by atoms with van der Waals surface area (Å²) in [7, 11) is 0. The summed E-state index contributed by atoms with van der Waals surface area (Å²) in [5.41, 5.74) is 0. The third-order valence-electron chi connectivity index (χ3n) is 0. The van der Waals surface area contributed by atoms with E-state index in [1.165, 1.54) is 0 Å². The van der Waals surface area contributed by atoms with Gasteiger partial charge in [-0.2, -0.15) is 0 Å².